The summed E-state index contributed by atoms with van der Waals surface area (Å²) in [6.45, 7) is 1.46. The average molecular weight is 362 g/mol. The highest BCUT2D eigenvalue weighted by Gasteiger charge is 2.29. The third kappa shape index (κ3) is 4.23. The number of anilines is 1. The van der Waals surface area contributed by atoms with Gasteiger partial charge in [0, 0.05) is 12.7 Å². The number of hydrogen-bond donors (Lipinski definition) is 2. The number of hydrogen-bond acceptors (Lipinski definition) is 4. The third-order valence-electron chi connectivity index (χ3n) is 3.72. The number of amides is 1. The van der Waals surface area contributed by atoms with Crippen molar-refractivity contribution in [1.82, 2.24) is 4.31 Å². The van der Waals surface area contributed by atoms with Crippen LogP contribution in [-0.4, -0.2) is 42.8 Å². The maximum Gasteiger partial charge on any atom is 0.335 e. The highest BCUT2D eigenvalue weighted by molar-refractivity contribution is 7.89. The number of benzene rings is 2. The van der Waals surface area contributed by atoms with Crippen LogP contribution in [0.2, 0.25) is 0 Å². The molecule has 0 fully saturated rings. The summed E-state index contributed by atoms with van der Waals surface area (Å²) in [5.41, 5.74) is 0.304. The monoisotopic (exact) mass is 362 g/mol. The molecule has 0 aromatic heterocycles. The van der Waals surface area contributed by atoms with E-state index < -0.39 is 27.9 Å². The number of carbonyl (C=O) groups is 2. The van der Waals surface area contributed by atoms with Gasteiger partial charge in [0.15, 0.2) is 0 Å². The second kappa shape index (κ2) is 7.45. The van der Waals surface area contributed by atoms with Crippen molar-refractivity contribution in [3.05, 3.63) is 60.2 Å². The van der Waals surface area contributed by atoms with Gasteiger partial charge in [0.1, 0.15) is 6.04 Å². The van der Waals surface area contributed by atoms with E-state index in [-0.39, 0.29) is 16.1 Å². The van der Waals surface area contributed by atoms with Crippen LogP contribution in [0, 0.1) is 0 Å². The number of rotatable bonds is 6. The van der Waals surface area contributed by atoms with Crippen LogP contribution in [-0.2, 0) is 14.8 Å². The van der Waals surface area contributed by atoms with E-state index in [0.717, 1.165) is 4.31 Å². The quantitative estimate of drug-likeness (QED) is 0.818. The Labute approximate surface area is 146 Å². The first-order chi connectivity index (χ1) is 11.7. The molecule has 1 unspecified atom stereocenters. The summed E-state index contributed by atoms with van der Waals surface area (Å²) < 4.78 is 26.1. The Morgan fingerprint density at radius 3 is 2.32 bits per heavy atom. The number of carboxylic acids is 1. The molecule has 2 rings (SSSR count). The average Bonchev–Trinajstić information content (AvgIpc) is 2.61. The summed E-state index contributed by atoms with van der Waals surface area (Å²) in [5.74, 6) is -1.68. The molecule has 0 radical (unpaired) electrons. The molecule has 0 bridgehead atoms. The van der Waals surface area contributed by atoms with Crippen LogP contribution in [0.4, 0.5) is 5.69 Å². The second-order valence-electron chi connectivity index (χ2n) is 5.39. The largest absolute Gasteiger partial charge is 0.478 e. The van der Waals surface area contributed by atoms with Crippen LogP contribution < -0.4 is 5.32 Å². The number of likely N-dealkylation sites (N-methyl/N-ethyl adjacent to an activating group) is 1. The van der Waals surface area contributed by atoms with Gasteiger partial charge < -0.3 is 10.4 Å². The summed E-state index contributed by atoms with van der Waals surface area (Å²) in [7, 11) is -2.50. The molecule has 7 nitrogen and oxygen atoms in total. The van der Waals surface area contributed by atoms with Crippen molar-refractivity contribution in [2.45, 2.75) is 17.9 Å². The van der Waals surface area contributed by atoms with Crippen LogP contribution in [0.15, 0.2) is 59.5 Å². The molecule has 0 aliphatic heterocycles. The number of sulfonamides is 1. The molecular weight excluding hydrogens is 344 g/mol. The summed E-state index contributed by atoms with van der Waals surface area (Å²) in [5, 5.41) is 11.5. The first kappa shape index (κ1) is 18.6. The minimum Gasteiger partial charge on any atom is -0.478 e. The van der Waals surface area contributed by atoms with Crippen LogP contribution in [0.3, 0.4) is 0 Å². The summed E-state index contributed by atoms with van der Waals surface area (Å²) in [4.78, 5) is 23.4. The smallest absolute Gasteiger partial charge is 0.335 e. The summed E-state index contributed by atoms with van der Waals surface area (Å²) in [6.07, 6.45) is 0. The lowest BCUT2D eigenvalue weighted by Gasteiger charge is -2.23. The van der Waals surface area contributed by atoms with Gasteiger partial charge in [0.05, 0.1) is 10.5 Å². The minimum atomic E-state index is -3.82. The van der Waals surface area contributed by atoms with E-state index in [4.69, 9.17) is 5.11 Å². The van der Waals surface area contributed by atoms with Crippen molar-refractivity contribution in [3.63, 3.8) is 0 Å². The van der Waals surface area contributed by atoms with Crippen molar-refractivity contribution < 1.29 is 23.1 Å². The van der Waals surface area contributed by atoms with Crippen molar-refractivity contribution in [3.8, 4) is 0 Å². The topological polar surface area (TPSA) is 104 Å². The fourth-order valence-electron chi connectivity index (χ4n) is 2.11. The molecule has 25 heavy (non-hydrogen) atoms. The number of carbonyl (C=O) groups excluding carboxylic acids is 1. The third-order valence-corrected chi connectivity index (χ3v) is 5.66. The molecule has 0 saturated carbocycles. The van der Waals surface area contributed by atoms with E-state index in [1.165, 1.54) is 50.4 Å². The Bertz CT molecular complexity index is 881. The minimum absolute atomic E-state index is 0.0238. The number of nitrogens with zero attached hydrogens (tertiary/aromatic N) is 1. The maximum absolute atomic E-state index is 12.5. The van der Waals surface area contributed by atoms with E-state index >= 15 is 0 Å². The van der Waals surface area contributed by atoms with Gasteiger partial charge in [-0.1, -0.05) is 24.3 Å². The lowest BCUT2D eigenvalue weighted by atomic mass is 10.2. The molecule has 0 aliphatic rings. The first-order valence-electron chi connectivity index (χ1n) is 7.41. The Morgan fingerprint density at radius 2 is 1.72 bits per heavy atom. The SMILES string of the molecule is CC(C(=O)Nc1cccc(C(=O)O)c1)N(C)S(=O)(=O)c1ccccc1. The normalized spacial score (nSPS) is 12.6. The summed E-state index contributed by atoms with van der Waals surface area (Å²) >= 11 is 0. The molecule has 2 aromatic carbocycles. The Hall–Kier alpha value is -2.71. The van der Waals surface area contributed by atoms with Gasteiger partial charge in [-0.05, 0) is 37.3 Å². The van der Waals surface area contributed by atoms with Gasteiger partial charge >= 0.3 is 5.97 Å². The maximum atomic E-state index is 12.5. The van der Waals surface area contributed by atoms with Gasteiger partial charge in [-0.15, -0.1) is 0 Å². The lowest BCUT2D eigenvalue weighted by Crippen LogP contribution is -2.43. The zero-order valence-corrected chi connectivity index (χ0v) is 14.5. The van der Waals surface area contributed by atoms with E-state index in [2.05, 4.69) is 5.32 Å². The molecule has 2 aromatic rings. The molecule has 0 spiro atoms. The molecule has 1 atom stereocenters. The molecular formula is C17H18N2O5S. The molecule has 1 amide bonds. The second-order valence-corrected chi connectivity index (χ2v) is 7.38. The van der Waals surface area contributed by atoms with E-state index in [9.17, 15) is 18.0 Å². The van der Waals surface area contributed by atoms with Gasteiger partial charge in [-0.25, -0.2) is 13.2 Å². The number of aromatic carboxylic acids is 1. The van der Waals surface area contributed by atoms with E-state index in [1.54, 1.807) is 18.2 Å². The Balaban J connectivity index is 2.17. The van der Waals surface area contributed by atoms with Crippen molar-refractivity contribution >= 4 is 27.6 Å². The molecule has 0 aliphatic carbocycles. The number of nitrogens with one attached hydrogen (secondary N) is 1. The standard InChI is InChI=1S/C17H18N2O5S/c1-12(19(2)25(23,24)15-9-4-3-5-10-15)16(20)18-14-8-6-7-13(11-14)17(21)22/h3-12H,1-2H3,(H,18,20)(H,21,22). The van der Waals surface area contributed by atoms with Gasteiger partial charge in [0.2, 0.25) is 15.9 Å². The highest BCUT2D eigenvalue weighted by atomic mass is 32.2. The van der Waals surface area contributed by atoms with E-state index in [0.29, 0.717) is 0 Å². The molecule has 2 N–H and O–H groups in total. The molecule has 0 heterocycles. The van der Waals surface area contributed by atoms with Crippen LogP contribution in [0.5, 0.6) is 0 Å². The Morgan fingerprint density at radius 1 is 1.08 bits per heavy atom. The van der Waals surface area contributed by atoms with Crippen molar-refractivity contribution in [2.75, 3.05) is 12.4 Å². The van der Waals surface area contributed by atoms with Gasteiger partial charge in [-0.2, -0.15) is 4.31 Å². The van der Waals surface area contributed by atoms with Crippen LogP contribution >= 0.6 is 0 Å². The Kier molecular flexibility index (Phi) is 5.55. The fraction of sp³-hybridized carbons (Fsp3) is 0.176. The van der Waals surface area contributed by atoms with E-state index in [1.807, 2.05) is 0 Å². The summed E-state index contributed by atoms with van der Waals surface area (Å²) in [6, 6.07) is 12.5. The predicted octanol–water partition coefficient (Wildman–Crippen LogP) is 2.03. The molecule has 132 valence electrons. The van der Waals surface area contributed by atoms with Crippen molar-refractivity contribution in [2.24, 2.45) is 0 Å². The predicted molar refractivity (Wildman–Crippen MR) is 92.9 cm³/mol. The van der Waals surface area contributed by atoms with Crippen LogP contribution in [0.1, 0.15) is 17.3 Å². The van der Waals surface area contributed by atoms with Crippen molar-refractivity contribution in [1.29, 1.82) is 0 Å². The fourth-order valence-corrected chi connectivity index (χ4v) is 3.45. The zero-order chi connectivity index (χ0) is 18.6. The zero-order valence-electron chi connectivity index (χ0n) is 13.7. The first-order valence-corrected chi connectivity index (χ1v) is 8.85. The number of carboxylic acid groups (broad SMARTS) is 1. The van der Waals surface area contributed by atoms with Gasteiger partial charge in [0.25, 0.3) is 0 Å². The van der Waals surface area contributed by atoms with Crippen LogP contribution in [0.25, 0.3) is 0 Å². The highest BCUT2D eigenvalue weighted by Crippen LogP contribution is 2.17. The lowest BCUT2D eigenvalue weighted by molar-refractivity contribution is -0.119. The molecule has 0 saturated heterocycles. The molecule has 8 heteroatoms. The van der Waals surface area contributed by atoms with Gasteiger partial charge in [-0.3, -0.25) is 4.79 Å².